The number of fused-ring (bicyclic) bond motifs is 1. The van der Waals surface area contributed by atoms with Gasteiger partial charge in [0.15, 0.2) is 0 Å². The first-order chi connectivity index (χ1) is 12.1. The van der Waals surface area contributed by atoms with Crippen molar-refractivity contribution in [2.24, 2.45) is 9.98 Å². The van der Waals surface area contributed by atoms with Crippen LogP contribution in [-0.2, 0) is 4.79 Å². The lowest BCUT2D eigenvalue weighted by Gasteiger charge is -2.22. The molecule has 0 spiro atoms. The average Bonchev–Trinajstić information content (AvgIpc) is 2.73. The zero-order chi connectivity index (χ0) is 17.8. The van der Waals surface area contributed by atoms with E-state index in [1.807, 2.05) is 24.3 Å². The van der Waals surface area contributed by atoms with Crippen molar-refractivity contribution in [1.29, 1.82) is 0 Å². The van der Waals surface area contributed by atoms with Crippen LogP contribution in [0.3, 0.4) is 0 Å². The van der Waals surface area contributed by atoms with E-state index in [9.17, 15) is 4.79 Å². The van der Waals surface area contributed by atoms with Gasteiger partial charge < -0.3 is 4.90 Å². The van der Waals surface area contributed by atoms with E-state index in [1.54, 1.807) is 23.1 Å². The number of thiocarbonyl (C=S) groups is 1. The highest BCUT2D eigenvalue weighted by molar-refractivity contribution is 7.78. The predicted octanol–water partition coefficient (Wildman–Crippen LogP) is 4.28. The molecule has 1 heterocycles. The van der Waals surface area contributed by atoms with Crippen molar-refractivity contribution in [2.45, 2.75) is 0 Å². The monoisotopic (exact) mass is 389 g/mol. The first-order valence-electron chi connectivity index (χ1n) is 7.54. The van der Waals surface area contributed by atoms with Crippen LogP contribution < -0.4 is 4.90 Å². The SMILES string of the molecule is O=C1CN=C(c2ccc(Cl)cc2)c2cc(Cl)ccc2N1CCN=C=S. The molecule has 3 rings (SSSR count). The first kappa shape index (κ1) is 17.8. The van der Waals surface area contributed by atoms with Gasteiger partial charge in [0.25, 0.3) is 0 Å². The third-order valence-corrected chi connectivity index (χ3v) is 4.41. The summed E-state index contributed by atoms with van der Waals surface area (Å²) in [6.45, 7) is 0.833. The number of halogens is 2. The number of hydrogen-bond donors (Lipinski definition) is 0. The Bertz CT molecular complexity index is 890. The van der Waals surface area contributed by atoms with E-state index in [-0.39, 0.29) is 12.5 Å². The van der Waals surface area contributed by atoms with Gasteiger partial charge in [-0.25, -0.2) is 4.99 Å². The van der Waals surface area contributed by atoms with Gasteiger partial charge in [-0.2, -0.15) is 0 Å². The lowest BCUT2D eigenvalue weighted by Crippen LogP contribution is -2.34. The Hall–Kier alpha value is -2.04. The molecule has 0 radical (unpaired) electrons. The molecule has 0 saturated carbocycles. The number of hydrogen-bond acceptors (Lipinski definition) is 4. The van der Waals surface area contributed by atoms with Crippen LogP contribution >= 0.6 is 35.4 Å². The van der Waals surface area contributed by atoms with Crippen molar-refractivity contribution >= 4 is 57.9 Å². The van der Waals surface area contributed by atoms with Crippen LogP contribution in [-0.4, -0.2) is 36.4 Å². The van der Waals surface area contributed by atoms with E-state index >= 15 is 0 Å². The highest BCUT2D eigenvalue weighted by Crippen LogP contribution is 2.29. The number of aliphatic imine (C=N–C) groups is 2. The molecular weight excluding hydrogens is 377 g/mol. The lowest BCUT2D eigenvalue weighted by atomic mass is 10.00. The normalized spacial score (nSPS) is 13.6. The van der Waals surface area contributed by atoms with Gasteiger partial charge in [-0.05, 0) is 42.5 Å². The van der Waals surface area contributed by atoms with Gasteiger partial charge in [0.05, 0.1) is 23.1 Å². The maximum absolute atomic E-state index is 12.6. The molecule has 25 heavy (non-hydrogen) atoms. The molecule has 126 valence electrons. The molecule has 1 aliphatic heterocycles. The van der Waals surface area contributed by atoms with Gasteiger partial charge >= 0.3 is 0 Å². The standard InChI is InChI=1S/C18H13Cl2N3OS/c19-13-3-1-12(2-4-13)18-15-9-14(20)5-6-16(15)23(8-7-21-11-25)17(24)10-22-18/h1-6,9H,7-8,10H2. The molecule has 0 aliphatic carbocycles. The highest BCUT2D eigenvalue weighted by Gasteiger charge is 2.25. The molecule has 4 nitrogen and oxygen atoms in total. The Morgan fingerprint density at radius 1 is 1.16 bits per heavy atom. The molecule has 1 aliphatic rings. The first-order valence-corrected chi connectivity index (χ1v) is 8.71. The summed E-state index contributed by atoms with van der Waals surface area (Å²) in [6, 6.07) is 12.7. The molecule has 0 unspecified atom stereocenters. The van der Waals surface area contributed by atoms with Gasteiger partial charge in [-0.3, -0.25) is 9.79 Å². The largest absolute Gasteiger partial charge is 0.308 e. The van der Waals surface area contributed by atoms with Gasteiger partial charge in [0.1, 0.15) is 6.54 Å². The zero-order valence-electron chi connectivity index (χ0n) is 13.1. The molecule has 0 N–H and O–H groups in total. The minimum Gasteiger partial charge on any atom is -0.308 e. The quantitative estimate of drug-likeness (QED) is 0.578. The Kier molecular flexibility index (Phi) is 5.61. The van der Waals surface area contributed by atoms with Crippen molar-refractivity contribution < 1.29 is 4.79 Å². The summed E-state index contributed by atoms with van der Waals surface area (Å²) in [5.41, 5.74) is 3.13. The number of amides is 1. The van der Waals surface area contributed by atoms with E-state index in [2.05, 4.69) is 27.4 Å². The lowest BCUT2D eigenvalue weighted by molar-refractivity contribution is -0.117. The fourth-order valence-electron chi connectivity index (χ4n) is 2.68. The van der Waals surface area contributed by atoms with E-state index in [1.165, 1.54) is 0 Å². The van der Waals surface area contributed by atoms with Crippen molar-refractivity contribution in [1.82, 2.24) is 0 Å². The number of nitrogens with zero attached hydrogens (tertiary/aromatic N) is 3. The fourth-order valence-corrected chi connectivity index (χ4v) is 3.07. The number of rotatable bonds is 4. The molecule has 7 heteroatoms. The molecule has 0 bridgehead atoms. The summed E-state index contributed by atoms with van der Waals surface area (Å²) in [6.07, 6.45) is 0. The summed E-state index contributed by atoms with van der Waals surface area (Å²) in [5.74, 6) is -0.105. The van der Waals surface area contributed by atoms with E-state index in [0.717, 1.165) is 16.8 Å². The van der Waals surface area contributed by atoms with Crippen molar-refractivity contribution in [3.63, 3.8) is 0 Å². The molecule has 1 amide bonds. The smallest absolute Gasteiger partial charge is 0.248 e. The third-order valence-electron chi connectivity index (χ3n) is 3.80. The van der Waals surface area contributed by atoms with Crippen LogP contribution in [0.15, 0.2) is 52.4 Å². The van der Waals surface area contributed by atoms with Crippen LogP contribution in [0.2, 0.25) is 10.0 Å². The Morgan fingerprint density at radius 3 is 2.60 bits per heavy atom. The van der Waals surface area contributed by atoms with Gasteiger partial charge in [-0.1, -0.05) is 35.3 Å². The van der Waals surface area contributed by atoms with Crippen LogP contribution in [0.4, 0.5) is 5.69 Å². The molecular formula is C18H13Cl2N3OS. The Balaban J connectivity index is 2.10. The van der Waals surface area contributed by atoms with Crippen LogP contribution in [0.5, 0.6) is 0 Å². The minimum absolute atomic E-state index is 0.0472. The van der Waals surface area contributed by atoms with Crippen molar-refractivity contribution in [3.8, 4) is 0 Å². The second-order valence-corrected chi connectivity index (χ2v) is 6.41. The molecule has 2 aromatic rings. The van der Waals surface area contributed by atoms with Crippen molar-refractivity contribution in [2.75, 3.05) is 24.5 Å². The topological polar surface area (TPSA) is 45.0 Å². The number of isothiocyanates is 1. The number of benzene rings is 2. The number of carbonyl (C=O) groups is 1. The highest BCUT2D eigenvalue weighted by atomic mass is 35.5. The van der Waals surface area contributed by atoms with Gasteiger partial charge in [0.2, 0.25) is 5.91 Å². The van der Waals surface area contributed by atoms with Crippen molar-refractivity contribution in [3.05, 3.63) is 63.6 Å². The van der Waals surface area contributed by atoms with Crippen LogP contribution in [0.1, 0.15) is 11.1 Å². The predicted molar refractivity (Wildman–Crippen MR) is 106 cm³/mol. The summed E-state index contributed by atoms with van der Waals surface area (Å²) in [7, 11) is 0. The molecule has 0 aromatic heterocycles. The van der Waals surface area contributed by atoms with E-state index in [0.29, 0.717) is 28.8 Å². The zero-order valence-corrected chi connectivity index (χ0v) is 15.4. The number of benzodiazepines with no additional fused rings is 1. The molecule has 0 fully saturated rings. The third kappa shape index (κ3) is 3.97. The Labute approximate surface area is 160 Å². The van der Waals surface area contributed by atoms with Crippen LogP contribution in [0.25, 0.3) is 0 Å². The Morgan fingerprint density at radius 2 is 1.88 bits per heavy atom. The summed E-state index contributed by atoms with van der Waals surface area (Å²) < 4.78 is 0. The number of carbonyl (C=O) groups excluding carboxylic acids is 1. The van der Waals surface area contributed by atoms with Gasteiger partial charge in [0, 0.05) is 27.7 Å². The summed E-state index contributed by atoms with van der Waals surface area (Å²) in [5, 5.41) is 3.53. The van der Waals surface area contributed by atoms with E-state index in [4.69, 9.17) is 23.2 Å². The second kappa shape index (κ2) is 7.89. The van der Waals surface area contributed by atoms with E-state index < -0.39 is 0 Å². The fraction of sp³-hybridized carbons (Fsp3) is 0.167. The average molecular weight is 390 g/mol. The summed E-state index contributed by atoms with van der Waals surface area (Å²) >= 11 is 16.8. The molecule has 0 saturated heterocycles. The van der Waals surface area contributed by atoms with Gasteiger partial charge in [-0.15, -0.1) is 0 Å². The van der Waals surface area contributed by atoms with Crippen LogP contribution in [0, 0.1) is 0 Å². The molecule has 2 aromatic carbocycles. The molecule has 0 atom stereocenters. The summed E-state index contributed by atoms with van der Waals surface area (Å²) in [4.78, 5) is 22.6. The number of anilines is 1. The maximum atomic E-state index is 12.6. The minimum atomic E-state index is -0.105. The second-order valence-electron chi connectivity index (χ2n) is 5.35. The maximum Gasteiger partial charge on any atom is 0.248 e.